The number of sulfonamides is 1. The van der Waals surface area contributed by atoms with Crippen LogP contribution in [0.5, 0.6) is 0 Å². The maximum atomic E-state index is 12.4. The van der Waals surface area contributed by atoms with Gasteiger partial charge in [0.25, 0.3) is 0 Å². The van der Waals surface area contributed by atoms with Crippen molar-refractivity contribution in [1.29, 1.82) is 0 Å². The van der Waals surface area contributed by atoms with Crippen LogP contribution in [-0.4, -0.2) is 25.5 Å². The molecule has 0 amide bonds. The average Bonchev–Trinajstić information content (AvgIpc) is 3.06. The molecule has 1 aromatic heterocycles. The molecule has 0 saturated heterocycles. The van der Waals surface area contributed by atoms with Crippen molar-refractivity contribution in [2.75, 3.05) is 0 Å². The molecule has 1 heterocycles. The third-order valence-electron chi connectivity index (χ3n) is 4.09. The fourth-order valence-electron chi connectivity index (χ4n) is 2.90. The highest BCUT2D eigenvalue weighted by Gasteiger charge is 2.24. The van der Waals surface area contributed by atoms with E-state index in [1.807, 2.05) is 0 Å². The van der Waals surface area contributed by atoms with Crippen LogP contribution in [0.3, 0.4) is 0 Å². The molecule has 1 saturated carbocycles. The van der Waals surface area contributed by atoms with Crippen LogP contribution in [-0.2, 0) is 10.0 Å². The number of furan rings is 1. The molecule has 0 bridgehead atoms. The molecule has 3 rings (SSSR count). The summed E-state index contributed by atoms with van der Waals surface area (Å²) in [5, 5.41) is 9.57. The molecular weight excluding hydrogens is 306 g/mol. The van der Waals surface area contributed by atoms with E-state index in [4.69, 9.17) is 9.52 Å². The number of hydrogen-bond acceptors (Lipinski definition) is 4. The van der Waals surface area contributed by atoms with Crippen molar-refractivity contribution >= 4 is 27.0 Å². The van der Waals surface area contributed by atoms with Gasteiger partial charge in [-0.15, -0.1) is 0 Å². The summed E-state index contributed by atoms with van der Waals surface area (Å²) in [6.45, 7) is 1.61. The van der Waals surface area contributed by atoms with Crippen LogP contribution in [0, 0.1) is 6.92 Å². The van der Waals surface area contributed by atoms with E-state index in [0.29, 0.717) is 16.5 Å². The van der Waals surface area contributed by atoms with Crippen LogP contribution in [0.2, 0.25) is 0 Å². The Morgan fingerprint density at radius 1 is 1.32 bits per heavy atom. The second-order valence-electron chi connectivity index (χ2n) is 5.62. The molecular formula is C15H17NO5S. The van der Waals surface area contributed by atoms with Crippen molar-refractivity contribution in [1.82, 2.24) is 4.72 Å². The van der Waals surface area contributed by atoms with Crippen LogP contribution in [0.4, 0.5) is 0 Å². The summed E-state index contributed by atoms with van der Waals surface area (Å²) in [5.74, 6) is -1.32. The standard InChI is InChI=1S/C15H17NO5S/c1-9-12-8-11(6-7-13(12)21-14(9)15(17)18)22(19,20)16-10-4-2-3-5-10/h6-8,10,16H,2-5H2,1H3,(H,17,18). The van der Waals surface area contributed by atoms with Gasteiger partial charge in [-0.1, -0.05) is 12.8 Å². The number of aromatic carboxylic acids is 1. The van der Waals surface area contributed by atoms with Crippen molar-refractivity contribution in [3.8, 4) is 0 Å². The Balaban J connectivity index is 2.00. The first kappa shape index (κ1) is 15.1. The summed E-state index contributed by atoms with van der Waals surface area (Å²) in [5.41, 5.74) is 0.801. The average molecular weight is 323 g/mol. The predicted octanol–water partition coefficient (Wildman–Crippen LogP) is 2.66. The molecule has 1 aromatic carbocycles. The molecule has 7 heteroatoms. The Labute approximate surface area is 128 Å². The van der Waals surface area contributed by atoms with E-state index >= 15 is 0 Å². The topological polar surface area (TPSA) is 96.6 Å². The lowest BCUT2D eigenvalue weighted by molar-refractivity contribution is 0.0664. The lowest BCUT2D eigenvalue weighted by Gasteiger charge is -2.12. The van der Waals surface area contributed by atoms with E-state index in [2.05, 4.69) is 4.72 Å². The largest absolute Gasteiger partial charge is 0.475 e. The molecule has 1 fully saturated rings. The fourth-order valence-corrected chi connectivity index (χ4v) is 4.23. The van der Waals surface area contributed by atoms with E-state index < -0.39 is 16.0 Å². The molecule has 6 nitrogen and oxygen atoms in total. The number of aryl methyl sites for hydroxylation is 1. The highest BCUT2D eigenvalue weighted by molar-refractivity contribution is 7.89. The Kier molecular flexibility index (Phi) is 3.70. The van der Waals surface area contributed by atoms with E-state index in [0.717, 1.165) is 25.7 Å². The van der Waals surface area contributed by atoms with Crippen LogP contribution in [0.1, 0.15) is 41.8 Å². The molecule has 22 heavy (non-hydrogen) atoms. The van der Waals surface area contributed by atoms with Crippen molar-refractivity contribution < 1.29 is 22.7 Å². The highest BCUT2D eigenvalue weighted by atomic mass is 32.2. The predicted molar refractivity (Wildman–Crippen MR) is 80.5 cm³/mol. The van der Waals surface area contributed by atoms with Crippen LogP contribution < -0.4 is 4.72 Å². The van der Waals surface area contributed by atoms with Gasteiger partial charge in [0.1, 0.15) is 5.58 Å². The fraction of sp³-hybridized carbons (Fsp3) is 0.400. The van der Waals surface area contributed by atoms with Gasteiger partial charge in [-0.05, 0) is 38.0 Å². The summed E-state index contributed by atoms with van der Waals surface area (Å²) < 4.78 is 32.8. The monoisotopic (exact) mass is 323 g/mol. The van der Waals surface area contributed by atoms with Gasteiger partial charge in [-0.2, -0.15) is 0 Å². The van der Waals surface area contributed by atoms with Crippen molar-refractivity contribution in [3.63, 3.8) is 0 Å². The minimum absolute atomic E-state index is 0.0132. The molecule has 0 aliphatic heterocycles. The van der Waals surface area contributed by atoms with Gasteiger partial charge in [0.05, 0.1) is 4.90 Å². The lowest BCUT2D eigenvalue weighted by Crippen LogP contribution is -2.32. The first-order valence-corrected chi connectivity index (χ1v) is 8.65. The minimum atomic E-state index is -3.60. The quantitative estimate of drug-likeness (QED) is 0.901. The Hall–Kier alpha value is -1.86. The molecule has 118 valence electrons. The first-order valence-electron chi connectivity index (χ1n) is 7.17. The number of fused-ring (bicyclic) bond motifs is 1. The minimum Gasteiger partial charge on any atom is -0.475 e. The molecule has 0 atom stereocenters. The number of carboxylic acid groups (broad SMARTS) is 1. The van der Waals surface area contributed by atoms with E-state index in [1.54, 1.807) is 6.92 Å². The van der Waals surface area contributed by atoms with Gasteiger partial charge >= 0.3 is 5.97 Å². The van der Waals surface area contributed by atoms with E-state index in [9.17, 15) is 13.2 Å². The smallest absolute Gasteiger partial charge is 0.372 e. The number of carbonyl (C=O) groups is 1. The number of carboxylic acids is 1. The van der Waals surface area contributed by atoms with E-state index in [1.165, 1.54) is 18.2 Å². The zero-order valence-electron chi connectivity index (χ0n) is 12.1. The van der Waals surface area contributed by atoms with Crippen LogP contribution >= 0.6 is 0 Å². The molecule has 2 aromatic rings. The first-order chi connectivity index (χ1) is 10.4. The summed E-state index contributed by atoms with van der Waals surface area (Å²) >= 11 is 0. The maximum absolute atomic E-state index is 12.4. The van der Waals surface area contributed by atoms with Gasteiger partial charge in [-0.3, -0.25) is 0 Å². The Morgan fingerprint density at radius 3 is 2.64 bits per heavy atom. The van der Waals surface area contributed by atoms with Crippen molar-refractivity contribution in [2.24, 2.45) is 0 Å². The highest BCUT2D eigenvalue weighted by Crippen LogP contribution is 2.28. The summed E-state index contributed by atoms with van der Waals surface area (Å²) in [7, 11) is -3.60. The van der Waals surface area contributed by atoms with Crippen LogP contribution in [0.15, 0.2) is 27.5 Å². The van der Waals surface area contributed by atoms with E-state index in [-0.39, 0.29) is 16.7 Å². The number of rotatable bonds is 4. The number of nitrogens with one attached hydrogen (secondary N) is 1. The zero-order valence-corrected chi connectivity index (χ0v) is 12.9. The van der Waals surface area contributed by atoms with Gasteiger partial charge in [-0.25, -0.2) is 17.9 Å². The van der Waals surface area contributed by atoms with Gasteiger partial charge in [0.15, 0.2) is 0 Å². The van der Waals surface area contributed by atoms with Crippen LogP contribution in [0.25, 0.3) is 11.0 Å². The molecule has 1 aliphatic rings. The van der Waals surface area contributed by atoms with Gasteiger partial charge in [0, 0.05) is 17.0 Å². The molecule has 0 unspecified atom stereocenters. The second kappa shape index (κ2) is 5.40. The maximum Gasteiger partial charge on any atom is 0.372 e. The summed E-state index contributed by atoms with van der Waals surface area (Å²) in [6, 6.07) is 4.39. The normalized spacial score (nSPS) is 16.4. The molecule has 0 spiro atoms. The number of hydrogen-bond donors (Lipinski definition) is 2. The summed E-state index contributed by atoms with van der Waals surface area (Å²) in [4.78, 5) is 11.2. The second-order valence-corrected chi connectivity index (χ2v) is 7.34. The third kappa shape index (κ3) is 2.62. The molecule has 0 radical (unpaired) electrons. The molecule has 2 N–H and O–H groups in total. The van der Waals surface area contributed by atoms with Crippen molar-refractivity contribution in [3.05, 3.63) is 29.5 Å². The SMILES string of the molecule is Cc1c(C(=O)O)oc2ccc(S(=O)(=O)NC3CCCC3)cc12. The lowest BCUT2D eigenvalue weighted by atomic mass is 10.1. The van der Waals surface area contributed by atoms with Gasteiger partial charge < -0.3 is 9.52 Å². The molecule has 1 aliphatic carbocycles. The zero-order chi connectivity index (χ0) is 15.9. The summed E-state index contributed by atoms with van der Waals surface area (Å²) in [6.07, 6.45) is 3.79. The number of benzene rings is 1. The van der Waals surface area contributed by atoms with Crippen molar-refractivity contribution in [2.45, 2.75) is 43.5 Å². The Morgan fingerprint density at radius 2 is 2.00 bits per heavy atom. The third-order valence-corrected chi connectivity index (χ3v) is 5.61. The van der Waals surface area contributed by atoms with Gasteiger partial charge in [0.2, 0.25) is 15.8 Å². The Bertz CT molecular complexity index is 831.